The normalized spacial score (nSPS) is 36.0. The van der Waals surface area contributed by atoms with Crippen molar-refractivity contribution in [2.24, 2.45) is 11.8 Å². The number of rotatable bonds is 3. The lowest BCUT2D eigenvalue weighted by Gasteiger charge is -2.26. The van der Waals surface area contributed by atoms with Crippen molar-refractivity contribution >= 4 is 17.8 Å². The summed E-state index contributed by atoms with van der Waals surface area (Å²) in [4.78, 5) is 39.1. The molecule has 110 valence electrons. The van der Waals surface area contributed by atoms with Crippen molar-refractivity contribution in [2.45, 2.75) is 44.7 Å². The predicted octanol–water partition coefficient (Wildman–Crippen LogP) is 0.319. The highest BCUT2D eigenvalue weighted by atomic mass is 16.4. The maximum Gasteiger partial charge on any atom is 0.308 e. The maximum atomic E-state index is 12.6. The van der Waals surface area contributed by atoms with Crippen LogP contribution in [-0.2, 0) is 14.4 Å². The molecule has 20 heavy (non-hydrogen) atoms. The summed E-state index contributed by atoms with van der Waals surface area (Å²) in [5, 5.41) is 9.22. The van der Waals surface area contributed by atoms with E-state index in [0.717, 1.165) is 12.8 Å². The number of carboxylic acids is 1. The second-order valence-corrected chi connectivity index (χ2v) is 6.06. The van der Waals surface area contributed by atoms with E-state index < -0.39 is 11.9 Å². The fraction of sp³-hybridized carbons (Fsp3) is 0.786. The number of nitrogens with zero attached hydrogens (tertiary/aromatic N) is 2. The fourth-order valence-corrected chi connectivity index (χ4v) is 4.05. The average molecular weight is 280 g/mol. The van der Waals surface area contributed by atoms with Gasteiger partial charge in [0.15, 0.2) is 0 Å². The Morgan fingerprint density at radius 1 is 1.35 bits per heavy atom. The molecule has 6 nitrogen and oxygen atoms in total. The molecule has 4 unspecified atom stereocenters. The molecule has 0 radical (unpaired) electrons. The number of carbonyl (C=O) groups excluding carboxylic acids is 2. The van der Waals surface area contributed by atoms with Gasteiger partial charge in [-0.3, -0.25) is 14.4 Å². The molecule has 0 aliphatic carbocycles. The third-order valence-corrected chi connectivity index (χ3v) is 5.05. The highest BCUT2D eigenvalue weighted by molar-refractivity contribution is 5.90. The summed E-state index contributed by atoms with van der Waals surface area (Å²) in [5.41, 5.74) is 0. The summed E-state index contributed by atoms with van der Waals surface area (Å²) < 4.78 is 0. The summed E-state index contributed by atoms with van der Waals surface area (Å²) >= 11 is 0. The number of carboxylic acid groups (broad SMARTS) is 1. The number of fused-ring (bicyclic) bond motifs is 2. The molecule has 4 atom stereocenters. The van der Waals surface area contributed by atoms with Crippen LogP contribution in [0.2, 0.25) is 0 Å². The number of likely N-dealkylation sites (tertiary alicyclic amines) is 1. The van der Waals surface area contributed by atoms with E-state index in [9.17, 15) is 19.5 Å². The molecule has 0 aromatic heterocycles. The van der Waals surface area contributed by atoms with Crippen molar-refractivity contribution in [2.75, 3.05) is 13.1 Å². The molecule has 0 aromatic rings. The highest BCUT2D eigenvalue weighted by Crippen LogP contribution is 2.43. The van der Waals surface area contributed by atoms with Gasteiger partial charge in [0.05, 0.1) is 11.8 Å². The molecule has 2 amide bonds. The Morgan fingerprint density at radius 2 is 2.10 bits per heavy atom. The third-order valence-electron chi connectivity index (χ3n) is 5.05. The van der Waals surface area contributed by atoms with Gasteiger partial charge < -0.3 is 14.9 Å². The molecule has 1 N–H and O–H groups in total. The van der Waals surface area contributed by atoms with E-state index in [2.05, 4.69) is 0 Å². The Labute approximate surface area is 117 Å². The van der Waals surface area contributed by atoms with Crippen molar-refractivity contribution < 1.29 is 19.5 Å². The molecule has 3 fully saturated rings. The third kappa shape index (κ3) is 1.89. The molecule has 3 aliphatic heterocycles. The van der Waals surface area contributed by atoms with Gasteiger partial charge in [0, 0.05) is 31.6 Å². The van der Waals surface area contributed by atoms with E-state index >= 15 is 0 Å². The van der Waals surface area contributed by atoms with Crippen molar-refractivity contribution in [3.8, 4) is 0 Å². The zero-order chi connectivity index (χ0) is 14.4. The molecule has 0 saturated carbocycles. The van der Waals surface area contributed by atoms with Gasteiger partial charge in [-0.15, -0.1) is 0 Å². The SMILES string of the molecule is CCN1CC(C(=O)N2C3CCC2C(C(=O)O)C3)CC1=O. The van der Waals surface area contributed by atoms with Gasteiger partial charge in [-0.25, -0.2) is 0 Å². The van der Waals surface area contributed by atoms with Crippen LogP contribution < -0.4 is 0 Å². The molecule has 3 heterocycles. The quantitative estimate of drug-likeness (QED) is 0.807. The molecular weight excluding hydrogens is 260 g/mol. The number of aliphatic carboxylic acids is 1. The number of hydrogen-bond acceptors (Lipinski definition) is 3. The summed E-state index contributed by atoms with van der Waals surface area (Å²) in [6.45, 7) is 3.03. The van der Waals surface area contributed by atoms with Crippen molar-refractivity contribution in [1.82, 2.24) is 9.80 Å². The zero-order valence-electron chi connectivity index (χ0n) is 11.6. The molecular formula is C14H20N2O4. The van der Waals surface area contributed by atoms with Gasteiger partial charge in [0.1, 0.15) is 0 Å². The molecule has 2 bridgehead atoms. The van der Waals surface area contributed by atoms with Crippen LogP contribution in [0.4, 0.5) is 0 Å². The van der Waals surface area contributed by atoms with Crippen LogP contribution in [0.1, 0.15) is 32.6 Å². The van der Waals surface area contributed by atoms with Crippen molar-refractivity contribution in [3.05, 3.63) is 0 Å². The molecule has 6 heteroatoms. The highest BCUT2D eigenvalue weighted by Gasteiger charge is 2.53. The van der Waals surface area contributed by atoms with Crippen molar-refractivity contribution in [1.29, 1.82) is 0 Å². The predicted molar refractivity (Wildman–Crippen MR) is 69.8 cm³/mol. The topological polar surface area (TPSA) is 77.9 Å². The lowest BCUT2D eigenvalue weighted by molar-refractivity contribution is -0.143. The molecule has 3 rings (SSSR count). The standard InChI is InChI=1S/C14H20N2O4/c1-2-15-7-8(5-12(15)17)13(18)16-9-3-4-11(16)10(6-9)14(19)20/h8-11H,2-7H2,1H3,(H,19,20). The molecule has 3 saturated heterocycles. The van der Waals surface area contributed by atoms with Gasteiger partial charge in [0.2, 0.25) is 11.8 Å². The number of hydrogen-bond donors (Lipinski definition) is 1. The lowest BCUT2D eigenvalue weighted by Crippen LogP contribution is -2.42. The summed E-state index contributed by atoms with van der Waals surface area (Å²) in [6.07, 6.45) is 2.54. The minimum Gasteiger partial charge on any atom is -0.481 e. The van der Waals surface area contributed by atoms with E-state index in [1.165, 1.54) is 0 Å². The first-order valence-electron chi connectivity index (χ1n) is 7.35. The lowest BCUT2D eigenvalue weighted by atomic mass is 9.89. The van der Waals surface area contributed by atoms with Gasteiger partial charge in [-0.2, -0.15) is 0 Å². The second-order valence-electron chi connectivity index (χ2n) is 6.06. The minimum atomic E-state index is -0.798. The van der Waals surface area contributed by atoms with Crippen molar-refractivity contribution in [3.63, 3.8) is 0 Å². The van der Waals surface area contributed by atoms with Crippen LogP contribution in [0.25, 0.3) is 0 Å². The Hall–Kier alpha value is -1.59. The Balaban J connectivity index is 1.73. The van der Waals surface area contributed by atoms with Gasteiger partial charge in [-0.05, 0) is 26.2 Å². The first kappa shape index (κ1) is 13.4. The summed E-state index contributed by atoms with van der Waals surface area (Å²) in [5.74, 6) is -1.47. The maximum absolute atomic E-state index is 12.6. The largest absolute Gasteiger partial charge is 0.481 e. The van der Waals surface area contributed by atoms with E-state index in [1.807, 2.05) is 6.92 Å². The minimum absolute atomic E-state index is 0.00875. The Bertz CT molecular complexity index is 464. The fourth-order valence-electron chi connectivity index (χ4n) is 4.05. The first-order chi connectivity index (χ1) is 9.52. The monoisotopic (exact) mass is 280 g/mol. The summed E-state index contributed by atoms with van der Waals surface area (Å²) in [7, 11) is 0. The van der Waals surface area contributed by atoms with Crippen LogP contribution in [0, 0.1) is 11.8 Å². The number of carbonyl (C=O) groups is 3. The molecule has 3 aliphatic rings. The Kier molecular flexibility index (Phi) is 3.18. The van der Waals surface area contributed by atoms with E-state index in [0.29, 0.717) is 19.5 Å². The smallest absolute Gasteiger partial charge is 0.308 e. The van der Waals surface area contributed by atoms with E-state index in [-0.39, 0.29) is 36.2 Å². The van der Waals surface area contributed by atoms with E-state index in [1.54, 1.807) is 9.80 Å². The Morgan fingerprint density at radius 3 is 2.65 bits per heavy atom. The number of amides is 2. The second kappa shape index (κ2) is 4.75. The summed E-state index contributed by atoms with van der Waals surface area (Å²) in [6, 6.07) is -0.0878. The van der Waals surface area contributed by atoms with Gasteiger partial charge in [0.25, 0.3) is 0 Å². The molecule has 0 aromatic carbocycles. The van der Waals surface area contributed by atoms with Gasteiger partial charge >= 0.3 is 5.97 Å². The van der Waals surface area contributed by atoms with Crippen LogP contribution in [0.3, 0.4) is 0 Å². The first-order valence-corrected chi connectivity index (χ1v) is 7.35. The van der Waals surface area contributed by atoms with Gasteiger partial charge in [-0.1, -0.05) is 0 Å². The van der Waals surface area contributed by atoms with Crippen LogP contribution in [0.15, 0.2) is 0 Å². The molecule has 0 spiro atoms. The van der Waals surface area contributed by atoms with E-state index in [4.69, 9.17) is 0 Å². The van der Waals surface area contributed by atoms with Crippen LogP contribution >= 0.6 is 0 Å². The average Bonchev–Trinajstić information content (AvgIpc) is 3.09. The van der Waals surface area contributed by atoms with Crippen LogP contribution in [-0.4, -0.2) is 57.9 Å². The zero-order valence-corrected chi connectivity index (χ0v) is 11.6. The van der Waals surface area contributed by atoms with Crippen LogP contribution in [0.5, 0.6) is 0 Å².